The van der Waals surface area contributed by atoms with Crippen molar-refractivity contribution in [2.24, 2.45) is 5.10 Å². The summed E-state index contributed by atoms with van der Waals surface area (Å²) in [7, 11) is 0. The molecule has 0 saturated heterocycles. The van der Waals surface area contributed by atoms with E-state index < -0.39 is 29.2 Å². The molecule has 1 atom stereocenters. The summed E-state index contributed by atoms with van der Waals surface area (Å²) in [4.78, 5) is 26.3. The first kappa shape index (κ1) is 18.5. The number of benzene rings is 1. The van der Waals surface area contributed by atoms with E-state index in [1.165, 1.54) is 36.7 Å². The molecule has 1 aliphatic heterocycles. The zero-order valence-electron chi connectivity index (χ0n) is 13.4. The van der Waals surface area contributed by atoms with Gasteiger partial charge in [0.2, 0.25) is 0 Å². The number of pyridine rings is 1. The van der Waals surface area contributed by atoms with Gasteiger partial charge in [-0.2, -0.15) is 23.3 Å². The number of nitrogens with zero attached hydrogens (tertiary/aromatic N) is 4. The molecule has 1 N–H and O–H groups in total. The predicted molar refractivity (Wildman–Crippen MR) is 85.7 cm³/mol. The highest BCUT2D eigenvalue weighted by Crippen LogP contribution is 2.42. The van der Waals surface area contributed by atoms with Gasteiger partial charge < -0.3 is 5.11 Å². The average Bonchev–Trinajstić information content (AvgIpc) is 3.01. The Morgan fingerprint density at radius 2 is 1.93 bits per heavy atom. The van der Waals surface area contributed by atoms with Crippen LogP contribution in [0.5, 0.6) is 0 Å². The number of halogens is 3. The Labute approximate surface area is 149 Å². The highest BCUT2D eigenvalue weighted by molar-refractivity contribution is 6.05. The number of carbonyl (C=O) groups excluding carboxylic acids is 1. The minimum absolute atomic E-state index is 0.00287. The van der Waals surface area contributed by atoms with Gasteiger partial charge in [0.15, 0.2) is 0 Å². The number of hydrogen-bond donors (Lipinski definition) is 1. The molecular formula is C16H11F3N4O4. The molecule has 1 aliphatic rings. The molecule has 8 nitrogen and oxygen atoms in total. The number of aliphatic hydroxyl groups is 1. The number of nitro benzene ring substituents is 1. The highest BCUT2D eigenvalue weighted by Gasteiger charge is 2.63. The maximum absolute atomic E-state index is 13.5. The van der Waals surface area contributed by atoms with Crippen molar-refractivity contribution in [3.63, 3.8) is 0 Å². The van der Waals surface area contributed by atoms with Crippen LogP contribution in [0, 0.1) is 10.1 Å². The van der Waals surface area contributed by atoms with Gasteiger partial charge in [-0.25, -0.2) is 0 Å². The number of nitro groups is 1. The Hall–Kier alpha value is -3.34. The van der Waals surface area contributed by atoms with Crippen LogP contribution >= 0.6 is 0 Å². The standard InChI is InChI=1S/C16H11F3N4O4/c17-16(18,19)15(25)9-13(11-2-1-3-12(8-11)23(26)27)21-22(15)14(24)10-4-6-20-7-5-10/h1-8,25H,9H2/t15-/m0/s1. The van der Waals surface area contributed by atoms with E-state index in [0.717, 1.165) is 12.1 Å². The number of non-ortho nitro benzene ring substituents is 1. The lowest BCUT2D eigenvalue weighted by Gasteiger charge is -2.32. The van der Waals surface area contributed by atoms with E-state index in [2.05, 4.69) is 10.1 Å². The van der Waals surface area contributed by atoms with Gasteiger partial charge in [0.1, 0.15) is 0 Å². The van der Waals surface area contributed by atoms with Gasteiger partial charge in [-0.1, -0.05) is 12.1 Å². The van der Waals surface area contributed by atoms with Crippen LogP contribution in [0.3, 0.4) is 0 Å². The monoisotopic (exact) mass is 380 g/mol. The number of hydrogen-bond acceptors (Lipinski definition) is 6. The van der Waals surface area contributed by atoms with E-state index in [1.807, 2.05) is 0 Å². The molecule has 0 aliphatic carbocycles. The van der Waals surface area contributed by atoms with E-state index in [9.17, 15) is 33.2 Å². The summed E-state index contributed by atoms with van der Waals surface area (Å²) in [6.45, 7) is 0. The van der Waals surface area contributed by atoms with Gasteiger partial charge in [-0.3, -0.25) is 19.9 Å². The molecule has 1 amide bonds. The Kier molecular flexibility index (Phi) is 4.39. The largest absolute Gasteiger partial charge is 0.438 e. The van der Waals surface area contributed by atoms with Crippen LogP contribution < -0.4 is 0 Å². The third kappa shape index (κ3) is 3.24. The smallest absolute Gasteiger partial charge is 0.362 e. The van der Waals surface area contributed by atoms with E-state index in [1.54, 1.807) is 0 Å². The number of rotatable bonds is 3. The normalized spacial score (nSPS) is 19.7. The molecule has 11 heteroatoms. The second kappa shape index (κ2) is 6.43. The second-order valence-corrected chi connectivity index (χ2v) is 5.70. The molecule has 0 saturated carbocycles. The lowest BCUT2D eigenvalue weighted by molar-refractivity contribution is -0.384. The van der Waals surface area contributed by atoms with Gasteiger partial charge >= 0.3 is 6.18 Å². The van der Waals surface area contributed by atoms with Crippen LogP contribution in [0.2, 0.25) is 0 Å². The van der Waals surface area contributed by atoms with Crippen LogP contribution in [0.1, 0.15) is 22.3 Å². The predicted octanol–water partition coefficient (Wildman–Crippen LogP) is 2.49. The van der Waals surface area contributed by atoms with E-state index in [-0.39, 0.29) is 27.5 Å². The summed E-state index contributed by atoms with van der Waals surface area (Å²) >= 11 is 0. The third-order valence-corrected chi connectivity index (χ3v) is 3.95. The topological polar surface area (TPSA) is 109 Å². The van der Waals surface area contributed by atoms with Crippen molar-refractivity contribution >= 4 is 17.3 Å². The Balaban J connectivity index is 2.06. The molecule has 2 aromatic rings. The van der Waals surface area contributed by atoms with Crippen LogP contribution in [0.15, 0.2) is 53.9 Å². The minimum Gasteiger partial charge on any atom is -0.362 e. The van der Waals surface area contributed by atoms with Crippen LogP contribution in [-0.4, -0.2) is 43.5 Å². The highest BCUT2D eigenvalue weighted by atomic mass is 19.4. The van der Waals surface area contributed by atoms with Crippen molar-refractivity contribution in [3.8, 4) is 0 Å². The lowest BCUT2D eigenvalue weighted by Crippen LogP contribution is -2.56. The van der Waals surface area contributed by atoms with Gasteiger partial charge in [-0.15, -0.1) is 0 Å². The fourth-order valence-corrected chi connectivity index (χ4v) is 2.56. The molecule has 140 valence electrons. The summed E-state index contributed by atoms with van der Waals surface area (Å²) in [5.41, 5.74) is -4.40. The minimum atomic E-state index is -5.21. The SMILES string of the molecule is O=C(c1ccncc1)N1N=C(c2cccc([N+](=O)[O-])c2)C[C@]1(O)C(F)(F)F. The quantitative estimate of drug-likeness (QED) is 0.650. The number of amides is 1. The first-order valence-electron chi connectivity index (χ1n) is 7.49. The average molecular weight is 380 g/mol. The Morgan fingerprint density at radius 3 is 2.52 bits per heavy atom. The zero-order valence-corrected chi connectivity index (χ0v) is 13.4. The first-order chi connectivity index (χ1) is 12.6. The van der Waals surface area contributed by atoms with E-state index in [4.69, 9.17) is 0 Å². The first-order valence-corrected chi connectivity index (χ1v) is 7.49. The van der Waals surface area contributed by atoms with Crippen molar-refractivity contribution in [1.29, 1.82) is 0 Å². The van der Waals surface area contributed by atoms with Crippen LogP contribution in [-0.2, 0) is 0 Å². The Bertz CT molecular complexity index is 933. The molecule has 0 unspecified atom stereocenters. The number of aromatic nitrogens is 1. The molecule has 0 radical (unpaired) electrons. The zero-order chi connectivity index (χ0) is 19.8. The number of alkyl halides is 3. The summed E-state index contributed by atoms with van der Waals surface area (Å²) in [6, 6.07) is 7.13. The summed E-state index contributed by atoms with van der Waals surface area (Å²) in [5, 5.41) is 24.7. The summed E-state index contributed by atoms with van der Waals surface area (Å²) < 4.78 is 40.6. The van der Waals surface area contributed by atoms with Gasteiger partial charge in [0, 0.05) is 35.7 Å². The maximum Gasteiger partial charge on any atom is 0.438 e. The molecule has 27 heavy (non-hydrogen) atoms. The summed E-state index contributed by atoms with van der Waals surface area (Å²) in [6.07, 6.45) is -3.85. The molecule has 0 bridgehead atoms. The summed E-state index contributed by atoms with van der Waals surface area (Å²) in [5.74, 6) is -1.18. The van der Waals surface area contributed by atoms with Crippen molar-refractivity contribution in [2.45, 2.75) is 18.3 Å². The lowest BCUT2D eigenvalue weighted by atomic mass is 10.00. The molecule has 0 fully saturated rings. The molecule has 1 aromatic carbocycles. The van der Waals surface area contributed by atoms with Crippen LogP contribution in [0.25, 0.3) is 0 Å². The van der Waals surface area contributed by atoms with Crippen molar-refractivity contribution in [3.05, 3.63) is 70.0 Å². The fraction of sp³-hybridized carbons (Fsp3) is 0.188. The van der Waals surface area contributed by atoms with Crippen LogP contribution in [0.4, 0.5) is 18.9 Å². The maximum atomic E-state index is 13.5. The second-order valence-electron chi connectivity index (χ2n) is 5.70. The van der Waals surface area contributed by atoms with Gasteiger partial charge in [-0.05, 0) is 12.1 Å². The van der Waals surface area contributed by atoms with Crippen molar-refractivity contribution in [2.75, 3.05) is 0 Å². The van der Waals surface area contributed by atoms with E-state index in [0.29, 0.717) is 0 Å². The van der Waals surface area contributed by atoms with Crippen molar-refractivity contribution in [1.82, 2.24) is 9.99 Å². The van der Waals surface area contributed by atoms with Crippen molar-refractivity contribution < 1.29 is 28.0 Å². The Morgan fingerprint density at radius 1 is 1.26 bits per heavy atom. The van der Waals surface area contributed by atoms with Gasteiger partial charge in [0.25, 0.3) is 17.3 Å². The molecule has 2 heterocycles. The third-order valence-electron chi connectivity index (χ3n) is 3.95. The molecule has 0 spiro atoms. The molecular weight excluding hydrogens is 369 g/mol. The molecule has 1 aromatic heterocycles. The number of carbonyl (C=O) groups is 1. The number of hydrazone groups is 1. The van der Waals surface area contributed by atoms with Gasteiger partial charge in [0.05, 0.1) is 17.1 Å². The van der Waals surface area contributed by atoms with E-state index >= 15 is 0 Å². The molecule has 3 rings (SSSR count). The fourth-order valence-electron chi connectivity index (χ4n) is 2.56.